The number of benzene rings is 2. The largest absolute Gasteiger partial charge is 0.416 e. The lowest BCUT2D eigenvalue weighted by Gasteiger charge is -2.12. The number of hydrogen-bond acceptors (Lipinski definition) is 1. The van der Waals surface area contributed by atoms with Crippen molar-refractivity contribution in [3.63, 3.8) is 0 Å². The highest BCUT2D eigenvalue weighted by Crippen LogP contribution is 2.34. The Balaban J connectivity index is 2.11. The lowest BCUT2D eigenvalue weighted by Crippen LogP contribution is -2.06. The Labute approximate surface area is 121 Å². The monoisotopic (exact) mass is 347 g/mol. The molecule has 6 heteroatoms. The molecule has 2 rings (SSSR count). The molecule has 0 bridgehead atoms. The molecular formula is C14H10BrF4N. The number of halogens is 5. The van der Waals surface area contributed by atoms with Gasteiger partial charge in [-0.15, -0.1) is 0 Å². The molecule has 0 amide bonds. The number of rotatable bonds is 3. The molecule has 0 aliphatic rings. The summed E-state index contributed by atoms with van der Waals surface area (Å²) in [5.74, 6) is -0.351. The van der Waals surface area contributed by atoms with Crippen LogP contribution in [0.5, 0.6) is 0 Å². The highest BCUT2D eigenvalue weighted by atomic mass is 79.9. The minimum Gasteiger partial charge on any atom is -0.380 e. The van der Waals surface area contributed by atoms with E-state index in [1.165, 1.54) is 18.2 Å². The van der Waals surface area contributed by atoms with E-state index in [9.17, 15) is 17.6 Å². The molecule has 0 aliphatic carbocycles. The molecular weight excluding hydrogens is 338 g/mol. The number of alkyl halides is 3. The second-order valence-corrected chi connectivity index (χ2v) is 5.03. The van der Waals surface area contributed by atoms with Gasteiger partial charge in [0.25, 0.3) is 0 Å². The third-order valence-electron chi connectivity index (χ3n) is 2.67. The van der Waals surface area contributed by atoms with Gasteiger partial charge in [0.05, 0.1) is 5.56 Å². The normalized spacial score (nSPS) is 11.4. The highest BCUT2D eigenvalue weighted by Gasteiger charge is 2.30. The van der Waals surface area contributed by atoms with E-state index in [1.807, 2.05) is 0 Å². The summed E-state index contributed by atoms with van der Waals surface area (Å²) in [6.07, 6.45) is -4.37. The molecule has 0 saturated carbocycles. The van der Waals surface area contributed by atoms with Gasteiger partial charge < -0.3 is 5.32 Å². The third kappa shape index (κ3) is 3.72. The molecule has 0 aromatic heterocycles. The van der Waals surface area contributed by atoms with E-state index in [0.29, 0.717) is 22.3 Å². The van der Waals surface area contributed by atoms with Gasteiger partial charge in [-0.25, -0.2) is 4.39 Å². The zero-order valence-electron chi connectivity index (χ0n) is 10.1. The van der Waals surface area contributed by atoms with Gasteiger partial charge in [-0.2, -0.15) is 13.2 Å². The van der Waals surface area contributed by atoms with Crippen LogP contribution in [0.2, 0.25) is 0 Å². The van der Waals surface area contributed by atoms with Crippen LogP contribution in [-0.2, 0) is 12.7 Å². The van der Waals surface area contributed by atoms with Gasteiger partial charge >= 0.3 is 6.18 Å². The van der Waals surface area contributed by atoms with Crippen LogP contribution >= 0.6 is 15.9 Å². The van der Waals surface area contributed by atoms with Crippen LogP contribution < -0.4 is 5.32 Å². The summed E-state index contributed by atoms with van der Waals surface area (Å²) in [5.41, 5.74) is 0.500. The van der Waals surface area contributed by atoms with Gasteiger partial charge in [0.15, 0.2) is 0 Å². The van der Waals surface area contributed by atoms with Crippen molar-refractivity contribution in [2.45, 2.75) is 12.7 Å². The van der Waals surface area contributed by atoms with Gasteiger partial charge in [0.2, 0.25) is 0 Å². The molecule has 0 unspecified atom stereocenters. The van der Waals surface area contributed by atoms with Gasteiger partial charge in [0, 0.05) is 16.7 Å². The third-order valence-corrected chi connectivity index (χ3v) is 3.32. The number of anilines is 1. The molecule has 0 aliphatic heterocycles. The second kappa shape index (κ2) is 5.83. The molecule has 0 saturated heterocycles. The smallest absolute Gasteiger partial charge is 0.380 e. The lowest BCUT2D eigenvalue weighted by atomic mass is 10.2. The maximum Gasteiger partial charge on any atom is 0.416 e. The van der Waals surface area contributed by atoms with Crippen LogP contribution in [0, 0.1) is 5.82 Å². The molecule has 0 spiro atoms. The summed E-state index contributed by atoms with van der Waals surface area (Å²) >= 11 is 3.09. The SMILES string of the molecule is Fc1cccc(CNc2ccc(C(F)(F)F)cc2Br)c1. The summed E-state index contributed by atoms with van der Waals surface area (Å²) in [7, 11) is 0. The van der Waals surface area contributed by atoms with E-state index < -0.39 is 11.7 Å². The molecule has 0 atom stereocenters. The summed E-state index contributed by atoms with van der Waals surface area (Å²) in [5, 5.41) is 2.95. The Morgan fingerprint density at radius 2 is 1.80 bits per heavy atom. The Morgan fingerprint density at radius 3 is 2.40 bits per heavy atom. The van der Waals surface area contributed by atoms with Crippen LogP contribution in [0.15, 0.2) is 46.9 Å². The Hall–Kier alpha value is -1.56. The fourth-order valence-electron chi connectivity index (χ4n) is 1.68. The zero-order chi connectivity index (χ0) is 14.8. The van der Waals surface area contributed by atoms with Crippen molar-refractivity contribution in [1.29, 1.82) is 0 Å². The van der Waals surface area contributed by atoms with Crippen molar-refractivity contribution in [2.24, 2.45) is 0 Å². The molecule has 2 aromatic carbocycles. The predicted octanol–water partition coefficient (Wildman–Crippen LogP) is 5.22. The molecule has 0 fully saturated rings. The predicted molar refractivity (Wildman–Crippen MR) is 72.9 cm³/mol. The Bertz CT molecular complexity index is 610. The molecule has 20 heavy (non-hydrogen) atoms. The Morgan fingerprint density at radius 1 is 1.05 bits per heavy atom. The van der Waals surface area contributed by atoms with E-state index in [-0.39, 0.29) is 5.82 Å². The van der Waals surface area contributed by atoms with Crippen molar-refractivity contribution in [1.82, 2.24) is 0 Å². The quantitative estimate of drug-likeness (QED) is 0.750. The summed E-state index contributed by atoms with van der Waals surface area (Å²) in [4.78, 5) is 0. The first-order valence-corrected chi connectivity index (χ1v) is 6.50. The molecule has 2 aromatic rings. The highest BCUT2D eigenvalue weighted by molar-refractivity contribution is 9.10. The zero-order valence-corrected chi connectivity index (χ0v) is 11.7. The molecule has 106 valence electrons. The van der Waals surface area contributed by atoms with Crippen LogP contribution in [0.3, 0.4) is 0 Å². The van der Waals surface area contributed by atoms with Crippen LogP contribution in [-0.4, -0.2) is 0 Å². The van der Waals surface area contributed by atoms with E-state index in [0.717, 1.165) is 12.1 Å². The fraction of sp³-hybridized carbons (Fsp3) is 0.143. The lowest BCUT2D eigenvalue weighted by molar-refractivity contribution is -0.137. The standard InChI is InChI=1S/C14H10BrF4N/c15-12-7-10(14(17,18)19)4-5-13(12)20-8-9-2-1-3-11(16)6-9/h1-7,20H,8H2. The topological polar surface area (TPSA) is 12.0 Å². The number of hydrogen-bond donors (Lipinski definition) is 1. The van der Waals surface area contributed by atoms with Gasteiger partial charge in [-0.3, -0.25) is 0 Å². The van der Waals surface area contributed by atoms with Crippen molar-refractivity contribution in [3.8, 4) is 0 Å². The summed E-state index contributed by atoms with van der Waals surface area (Å²) < 4.78 is 50.8. The van der Waals surface area contributed by atoms with Crippen LogP contribution in [0.4, 0.5) is 23.2 Å². The minimum atomic E-state index is -4.37. The molecule has 0 radical (unpaired) electrons. The van der Waals surface area contributed by atoms with Crippen LogP contribution in [0.1, 0.15) is 11.1 Å². The maximum absolute atomic E-state index is 13.0. The molecule has 1 N–H and O–H groups in total. The van der Waals surface area contributed by atoms with E-state index in [2.05, 4.69) is 21.2 Å². The fourth-order valence-corrected chi connectivity index (χ4v) is 2.20. The summed E-state index contributed by atoms with van der Waals surface area (Å²) in [6, 6.07) is 9.35. The second-order valence-electron chi connectivity index (χ2n) is 4.18. The first kappa shape index (κ1) is 14.8. The first-order valence-electron chi connectivity index (χ1n) is 5.71. The average molecular weight is 348 g/mol. The van der Waals surface area contributed by atoms with Crippen molar-refractivity contribution < 1.29 is 17.6 Å². The van der Waals surface area contributed by atoms with Gasteiger partial charge in [0.1, 0.15) is 5.82 Å². The Kier molecular flexibility index (Phi) is 4.32. The number of nitrogens with one attached hydrogen (secondary N) is 1. The molecule has 0 heterocycles. The van der Waals surface area contributed by atoms with Crippen molar-refractivity contribution >= 4 is 21.6 Å². The van der Waals surface area contributed by atoms with E-state index >= 15 is 0 Å². The van der Waals surface area contributed by atoms with Crippen molar-refractivity contribution in [2.75, 3.05) is 5.32 Å². The minimum absolute atomic E-state index is 0.309. The summed E-state index contributed by atoms with van der Waals surface area (Å²) in [6.45, 7) is 0.321. The van der Waals surface area contributed by atoms with Crippen molar-refractivity contribution in [3.05, 3.63) is 63.9 Å². The average Bonchev–Trinajstić information content (AvgIpc) is 2.36. The van der Waals surface area contributed by atoms with Gasteiger partial charge in [-0.05, 0) is 51.8 Å². The van der Waals surface area contributed by atoms with Gasteiger partial charge in [-0.1, -0.05) is 12.1 Å². The molecule has 1 nitrogen and oxygen atoms in total. The van der Waals surface area contributed by atoms with E-state index in [1.54, 1.807) is 12.1 Å². The first-order chi connectivity index (χ1) is 9.36. The maximum atomic E-state index is 13.0. The van der Waals surface area contributed by atoms with E-state index in [4.69, 9.17) is 0 Å². The van der Waals surface area contributed by atoms with Crippen LogP contribution in [0.25, 0.3) is 0 Å².